The maximum atomic E-state index is 12.4. The van der Waals surface area contributed by atoms with E-state index in [4.69, 9.17) is 9.47 Å². The fraction of sp³-hybridized carbons (Fsp3) is 0.227. The van der Waals surface area contributed by atoms with Gasteiger partial charge in [-0.3, -0.25) is 4.79 Å². The van der Waals surface area contributed by atoms with Gasteiger partial charge in [0.15, 0.2) is 5.82 Å². The molecule has 1 amide bonds. The predicted octanol–water partition coefficient (Wildman–Crippen LogP) is 3.24. The zero-order valence-corrected chi connectivity index (χ0v) is 16.2. The van der Waals surface area contributed by atoms with Gasteiger partial charge in [0.1, 0.15) is 5.75 Å². The molecule has 1 aliphatic rings. The number of methoxy groups -OCH3 is 1. The third kappa shape index (κ3) is 4.52. The fourth-order valence-electron chi connectivity index (χ4n) is 3.11. The Kier molecular flexibility index (Phi) is 5.67. The number of carbonyl (C=O) groups excluding carboxylic acids is 1. The summed E-state index contributed by atoms with van der Waals surface area (Å²) in [4.78, 5) is 14.5. The second-order valence-electron chi connectivity index (χ2n) is 6.64. The highest BCUT2D eigenvalue weighted by molar-refractivity contribution is 6.04. The van der Waals surface area contributed by atoms with Crippen LogP contribution in [0.1, 0.15) is 10.4 Å². The third-order valence-electron chi connectivity index (χ3n) is 4.78. The standard InChI is InChI=1S/C22H22N4O3/c1-28-19-8-4-17(5-9-19)22(27)23-18-6-2-16(3-7-18)20-10-11-21(25-24-20)26-12-14-29-15-13-26/h2-11H,12-15H2,1H3,(H,23,27). The van der Waals surface area contributed by atoms with E-state index < -0.39 is 0 Å². The molecule has 148 valence electrons. The van der Waals surface area contributed by atoms with E-state index in [1.807, 2.05) is 36.4 Å². The van der Waals surface area contributed by atoms with Gasteiger partial charge in [-0.05, 0) is 48.5 Å². The molecule has 0 unspecified atom stereocenters. The molecule has 1 fully saturated rings. The van der Waals surface area contributed by atoms with Crippen molar-refractivity contribution < 1.29 is 14.3 Å². The zero-order chi connectivity index (χ0) is 20.1. The van der Waals surface area contributed by atoms with Crippen LogP contribution in [0.3, 0.4) is 0 Å². The first kappa shape index (κ1) is 18.9. The molecule has 2 aromatic carbocycles. The largest absolute Gasteiger partial charge is 0.497 e. The summed E-state index contributed by atoms with van der Waals surface area (Å²) in [6.07, 6.45) is 0. The number of hydrogen-bond donors (Lipinski definition) is 1. The summed E-state index contributed by atoms with van der Waals surface area (Å²) in [5.74, 6) is 1.40. The van der Waals surface area contributed by atoms with Crippen molar-refractivity contribution >= 4 is 17.4 Å². The maximum absolute atomic E-state index is 12.4. The number of hydrogen-bond acceptors (Lipinski definition) is 6. The summed E-state index contributed by atoms with van der Waals surface area (Å²) in [7, 11) is 1.59. The Hall–Kier alpha value is -3.45. The van der Waals surface area contributed by atoms with Crippen molar-refractivity contribution in [2.45, 2.75) is 0 Å². The summed E-state index contributed by atoms with van der Waals surface area (Å²) in [6.45, 7) is 3.09. The number of carbonyl (C=O) groups is 1. The molecule has 0 spiro atoms. The molecule has 2 heterocycles. The van der Waals surface area contributed by atoms with E-state index in [-0.39, 0.29) is 5.91 Å². The maximum Gasteiger partial charge on any atom is 0.255 e. The van der Waals surface area contributed by atoms with Gasteiger partial charge in [0, 0.05) is 29.9 Å². The van der Waals surface area contributed by atoms with Crippen molar-refractivity contribution in [3.05, 3.63) is 66.2 Å². The summed E-state index contributed by atoms with van der Waals surface area (Å²) in [5, 5.41) is 11.6. The van der Waals surface area contributed by atoms with E-state index in [1.54, 1.807) is 31.4 Å². The van der Waals surface area contributed by atoms with Crippen molar-refractivity contribution in [2.24, 2.45) is 0 Å². The van der Waals surface area contributed by atoms with Crippen molar-refractivity contribution in [1.29, 1.82) is 0 Å². The normalized spacial score (nSPS) is 13.8. The third-order valence-corrected chi connectivity index (χ3v) is 4.78. The highest BCUT2D eigenvalue weighted by Crippen LogP contribution is 2.22. The minimum absolute atomic E-state index is 0.171. The molecule has 0 radical (unpaired) electrons. The first-order chi connectivity index (χ1) is 14.2. The van der Waals surface area contributed by atoms with Crippen molar-refractivity contribution in [3.63, 3.8) is 0 Å². The van der Waals surface area contributed by atoms with Gasteiger partial charge in [-0.1, -0.05) is 12.1 Å². The van der Waals surface area contributed by atoms with E-state index in [9.17, 15) is 4.79 Å². The number of benzene rings is 2. The second kappa shape index (κ2) is 8.70. The van der Waals surface area contributed by atoms with Crippen LogP contribution < -0.4 is 15.0 Å². The molecule has 7 heteroatoms. The topological polar surface area (TPSA) is 76.6 Å². The fourth-order valence-corrected chi connectivity index (χ4v) is 3.11. The monoisotopic (exact) mass is 390 g/mol. The molecule has 4 rings (SSSR count). The summed E-state index contributed by atoms with van der Waals surface area (Å²) in [5.41, 5.74) is 3.01. The van der Waals surface area contributed by atoms with Gasteiger partial charge in [0.05, 0.1) is 26.0 Å². The summed E-state index contributed by atoms with van der Waals surface area (Å²) < 4.78 is 10.5. The number of ether oxygens (including phenoxy) is 2. The molecule has 1 saturated heterocycles. The van der Waals surface area contributed by atoms with E-state index in [0.29, 0.717) is 30.2 Å². The first-order valence-corrected chi connectivity index (χ1v) is 9.45. The van der Waals surface area contributed by atoms with Crippen molar-refractivity contribution in [2.75, 3.05) is 43.6 Å². The number of nitrogens with one attached hydrogen (secondary N) is 1. The van der Waals surface area contributed by atoms with E-state index in [2.05, 4.69) is 20.4 Å². The van der Waals surface area contributed by atoms with Crippen molar-refractivity contribution in [3.8, 4) is 17.0 Å². The Balaban J connectivity index is 1.41. The SMILES string of the molecule is COc1ccc(C(=O)Nc2ccc(-c3ccc(N4CCOCC4)nn3)cc2)cc1. The number of anilines is 2. The number of morpholine rings is 1. The summed E-state index contributed by atoms with van der Waals surface area (Å²) >= 11 is 0. The number of rotatable bonds is 5. The van der Waals surface area contributed by atoms with Gasteiger partial charge in [-0.25, -0.2) is 0 Å². The molecule has 29 heavy (non-hydrogen) atoms. The average molecular weight is 390 g/mol. The van der Waals surface area contributed by atoms with Crippen LogP contribution in [-0.4, -0.2) is 49.5 Å². The van der Waals surface area contributed by atoms with E-state index >= 15 is 0 Å². The van der Waals surface area contributed by atoms with Crippen LogP contribution in [-0.2, 0) is 4.74 Å². The Morgan fingerprint density at radius 2 is 1.69 bits per heavy atom. The molecule has 0 saturated carbocycles. The minimum atomic E-state index is -0.171. The lowest BCUT2D eigenvalue weighted by molar-refractivity contribution is 0.102. The van der Waals surface area contributed by atoms with Crippen LogP contribution in [0.5, 0.6) is 5.75 Å². The van der Waals surface area contributed by atoms with Crippen molar-refractivity contribution in [1.82, 2.24) is 10.2 Å². The highest BCUT2D eigenvalue weighted by atomic mass is 16.5. The first-order valence-electron chi connectivity index (χ1n) is 9.45. The number of aromatic nitrogens is 2. The quantitative estimate of drug-likeness (QED) is 0.721. The van der Waals surface area contributed by atoms with Crippen LogP contribution in [0.25, 0.3) is 11.3 Å². The van der Waals surface area contributed by atoms with Crippen LogP contribution in [0.2, 0.25) is 0 Å². The lowest BCUT2D eigenvalue weighted by Crippen LogP contribution is -2.36. The molecule has 0 atom stereocenters. The Morgan fingerprint density at radius 3 is 2.31 bits per heavy atom. The van der Waals surface area contributed by atoms with Gasteiger partial charge in [0.25, 0.3) is 5.91 Å². The molecule has 7 nitrogen and oxygen atoms in total. The lowest BCUT2D eigenvalue weighted by atomic mass is 10.1. The smallest absolute Gasteiger partial charge is 0.255 e. The molecule has 0 aliphatic carbocycles. The molecule has 1 aromatic heterocycles. The number of amides is 1. The highest BCUT2D eigenvalue weighted by Gasteiger charge is 2.13. The predicted molar refractivity (Wildman–Crippen MR) is 111 cm³/mol. The second-order valence-corrected chi connectivity index (χ2v) is 6.64. The van der Waals surface area contributed by atoms with E-state index in [1.165, 1.54) is 0 Å². The van der Waals surface area contributed by atoms with Gasteiger partial charge < -0.3 is 19.7 Å². The molecule has 0 bridgehead atoms. The van der Waals surface area contributed by atoms with Gasteiger partial charge >= 0.3 is 0 Å². The average Bonchev–Trinajstić information content (AvgIpc) is 2.80. The van der Waals surface area contributed by atoms with Gasteiger partial charge in [-0.2, -0.15) is 0 Å². The zero-order valence-electron chi connectivity index (χ0n) is 16.2. The van der Waals surface area contributed by atoms with Crippen LogP contribution in [0.4, 0.5) is 11.5 Å². The lowest BCUT2D eigenvalue weighted by Gasteiger charge is -2.27. The van der Waals surface area contributed by atoms with Gasteiger partial charge in [-0.15, -0.1) is 10.2 Å². The Labute approximate surface area is 169 Å². The van der Waals surface area contributed by atoms with Crippen LogP contribution in [0, 0.1) is 0 Å². The van der Waals surface area contributed by atoms with Crippen LogP contribution in [0.15, 0.2) is 60.7 Å². The molecular formula is C22H22N4O3. The number of nitrogens with zero attached hydrogens (tertiary/aromatic N) is 3. The summed E-state index contributed by atoms with van der Waals surface area (Å²) in [6, 6.07) is 18.5. The molecule has 1 aliphatic heterocycles. The molecular weight excluding hydrogens is 368 g/mol. The molecule has 1 N–H and O–H groups in total. The van der Waals surface area contributed by atoms with Crippen LogP contribution >= 0.6 is 0 Å². The Bertz CT molecular complexity index is 951. The molecule has 3 aromatic rings. The van der Waals surface area contributed by atoms with Gasteiger partial charge in [0.2, 0.25) is 0 Å². The minimum Gasteiger partial charge on any atom is -0.497 e. The van der Waals surface area contributed by atoms with E-state index in [0.717, 1.165) is 30.2 Å². The Morgan fingerprint density at radius 1 is 0.966 bits per heavy atom.